The third-order valence-corrected chi connectivity index (χ3v) is 8.45. The van der Waals surface area contributed by atoms with E-state index in [1.54, 1.807) is 0 Å². The van der Waals surface area contributed by atoms with Crippen LogP contribution in [-0.2, 0) is 13.1 Å². The summed E-state index contributed by atoms with van der Waals surface area (Å²) in [7, 11) is 0. The number of thioether (sulfide) groups is 2. The Kier molecular flexibility index (Phi) is 8.23. The number of rotatable bonds is 6. The molecule has 2 aromatic heterocycles. The first-order valence-corrected chi connectivity index (χ1v) is 14.8. The zero-order chi connectivity index (χ0) is 24.7. The van der Waals surface area contributed by atoms with Gasteiger partial charge in [0.1, 0.15) is 11.1 Å². The van der Waals surface area contributed by atoms with Crippen molar-refractivity contribution in [3.63, 3.8) is 0 Å². The number of benzene rings is 1. The van der Waals surface area contributed by atoms with Gasteiger partial charge in [-0.25, -0.2) is 0 Å². The molecule has 0 atom stereocenters. The van der Waals surface area contributed by atoms with Gasteiger partial charge in [-0.1, -0.05) is 24.3 Å². The Morgan fingerprint density at radius 1 is 0.639 bits per heavy atom. The highest BCUT2D eigenvalue weighted by molar-refractivity contribution is 7.99. The van der Waals surface area contributed by atoms with Crippen LogP contribution < -0.4 is 9.13 Å². The van der Waals surface area contributed by atoms with E-state index in [9.17, 15) is 9.59 Å². The van der Waals surface area contributed by atoms with Crippen LogP contribution in [0.15, 0.2) is 73.3 Å². The molecule has 0 unspecified atom stereocenters. The second kappa shape index (κ2) is 11.9. The fourth-order valence-electron chi connectivity index (χ4n) is 4.56. The molecule has 5 rings (SSSR count). The van der Waals surface area contributed by atoms with Crippen LogP contribution in [0.5, 0.6) is 0 Å². The van der Waals surface area contributed by atoms with Crippen molar-refractivity contribution >= 4 is 35.3 Å². The van der Waals surface area contributed by atoms with Crippen molar-refractivity contribution in [3.8, 4) is 0 Å². The normalized spacial score (nSPS) is 16.1. The Morgan fingerprint density at radius 3 is 1.42 bits per heavy atom. The molecule has 0 saturated carbocycles. The monoisotopic (exact) mass is 520 g/mol. The maximum absolute atomic E-state index is 12.9. The van der Waals surface area contributed by atoms with Gasteiger partial charge in [0.25, 0.3) is 11.8 Å². The van der Waals surface area contributed by atoms with E-state index in [0.29, 0.717) is 13.1 Å². The maximum atomic E-state index is 12.9. The van der Waals surface area contributed by atoms with Gasteiger partial charge in [-0.15, -0.1) is 0 Å². The first-order chi connectivity index (χ1) is 17.7. The Balaban J connectivity index is 1.21. The van der Waals surface area contributed by atoms with Gasteiger partial charge in [0.05, 0.1) is 0 Å². The summed E-state index contributed by atoms with van der Waals surface area (Å²) in [6.07, 6.45) is 7.93. The highest BCUT2D eigenvalue weighted by atomic mass is 32.2. The van der Waals surface area contributed by atoms with Crippen LogP contribution >= 0.6 is 23.5 Å². The third-order valence-electron chi connectivity index (χ3n) is 6.56. The van der Waals surface area contributed by atoms with Gasteiger partial charge in [0.15, 0.2) is 37.9 Å². The molecule has 36 heavy (non-hydrogen) atoms. The second-order valence-corrected chi connectivity index (χ2v) is 11.6. The Morgan fingerprint density at radius 2 is 1.03 bits per heavy atom. The molecule has 8 heteroatoms. The molecule has 4 heterocycles. The predicted octanol–water partition coefficient (Wildman–Crippen LogP) is 2.74. The summed E-state index contributed by atoms with van der Waals surface area (Å²) in [5.41, 5.74) is 3.85. The van der Waals surface area contributed by atoms with Gasteiger partial charge in [-0.3, -0.25) is 9.59 Å². The van der Waals surface area contributed by atoms with Crippen LogP contribution in [0.25, 0.3) is 0 Å². The largest absolute Gasteiger partial charge is 0.337 e. The molecule has 0 radical (unpaired) electrons. The quantitative estimate of drug-likeness (QED) is 0.469. The molecular weight excluding hydrogens is 488 g/mol. The molecule has 2 aliphatic heterocycles. The van der Waals surface area contributed by atoms with E-state index < -0.39 is 0 Å². The first-order valence-electron chi connectivity index (χ1n) is 12.5. The van der Waals surface area contributed by atoms with Gasteiger partial charge in [-0.05, 0) is 12.1 Å². The van der Waals surface area contributed by atoms with Crippen LogP contribution in [-0.4, -0.2) is 70.8 Å². The van der Waals surface area contributed by atoms with Crippen molar-refractivity contribution < 1.29 is 18.7 Å². The molecule has 3 aromatic rings. The number of aromatic nitrogens is 2. The van der Waals surface area contributed by atoms with E-state index in [2.05, 4.69) is 33.4 Å². The van der Waals surface area contributed by atoms with E-state index in [0.717, 1.165) is 60.3 Å². The minimum Gasteiger partial charge on any atom is -0.337 e. The molecule has 0 spiro atoms. The Labute approximate surface area is 221 Å². The van der Waals surface area contributed by atoms with Gasteiger partial charge in [0.2, 0.25) is 0 Å². The van der Waals surface area contributed by atoms with Crippen LogP contribution in [0.1, 0.15) is 31.8 Å². The Hall–Kier alpha value is -2.84. The standard InChI is InChI=1S/C28H32N4O2S2/c33-27(31-11-15-35-16-12-31)25-3-1-9-29(21-25)19-23-5-7-24(8-6-23)20-30-10-2-4-26(22-30)28(34)32-13-17-36-18-14-32/h1-10,21-22H,11-20H2/q+2. The number of amides is 2. The van der Waals surface area contributed by atoms with E-state index in [-0.39, 0.29) is 11.8 Å². The Bertz CT molecular complexity index is 1110. The SMILES string of the molecule is O=C(c1ccc[n+](Cc2ccc(C[n+]3cccc(C(=O)N4CCSCC4)c3)cc2)c1)N1CCSCC1. The molecule has 2 fully saturated rings. The molecule has 0 N–H and O–H groups in total. The zero-order valence-electron chi connectivity index (χ0n) is 20.4. The van der Waals surface area contributed by atoms with E-state index in [1.165, 1.54) is 11.1 Å². The van der Waals surface area contributed by atoms with Crippen LogP contribution in [0.4, 0.5) is 0 Å². The number of pyridine rings is 2. The van der Waals surface area contributed by atoms with Crippen LogP contribution in [0.2, 0.25) is 0 Å². The third kappa shape index (κ3) is 6.28. The van der Waals surface area contributed by atoms with Gasteiger partial charge < -0.3 is 9.80 Å². The fourth-order valence-corrected chi connectivity index (χ4v) is 6.37. The summed E-state index contributed by atoms with van der Waals surface area (Å²) >= 11 is 3.81. The van der Waals surface area contributed by atoms with Gasteiger partial charge in [0, 0.05) is 72.5 Å². The average Bonchev–Trinajstić information content (AvgIpc) is 2.94. The summed E-state index contributed by atoms with van der Waals surface area (Å²) < 4.78 is 4.15. The number of carbonyl (C=O) groups is 2. The van der Waals surface area contributed by atoms with Crippen molar-refractivity contribution in [1.29, 1.82) is 0 Å². The van der Waals surface area contributed by atoms with E-state index >= 15 is 0 Å². The number of hydrogen-bond acceptors (Lipinski definition) is 4. The molecule has 0 bridgehead atoms. The van der Waals surface area contributed by atoms with Crippen LogP contribution in [0, 0.1) is 0 Å². The second-order valence-electron chi connectivity index (χ2n) is 9.16. The topological polar surface area (TPSA) is 48.4 Å². The fraction of sp³-hybridized carbons (Fsp3) is 0.357. The summed E-state index contributed by atoms with van der Waals surface area (Å²) in [5.74, 6) is 4.31. The maximum Gasteiger partial charge on any atom is 0.259 e. The molecule has 0 aliphatic carbocycles. The minimum absolute atomic E-state index is 0.122. The van der Waals surface area contributed by atoms with E-state index in [4.69, 9.17) is 0 Å². The lowest BCUT2D eigenvalue weighted by Gasteiger charge is -2.26. The summed E-state index contributed by atoms with van der Waals surface area (Å²) in [6, 6.07) is 16.3. The summed E-state index contributed by atoms with van der Waals surface area (Å²) in [4.78, 5) is 29.6. The zero-order valence-corrected chi connectivity index (χ0v) is 22.1. The summed E-state index contributed by atoms with van der Waals surface area (Å²) in [5, 5.41) is 0. The summed E-state index contributed by atoms with van der Waals surface area (Å²) in [6.45, 7) is 4.72. The number of carbonyl (C=O) groups excluding carboxylic acids is 2. The molecule has 2 saturated heterocycles. The average molecular weight is 521 g/mol. The molecule has 2 aliphatic rings. The predicted molar refractivity (Wildman–Crippen MR) is 144 cm³/mol. The van der Waals surface area contributed by atoms with Crippen molar-refractivity contribution in [2.75, 3.05) is 49.2 Å². The van der Waals surface area contributed by atoms with Crippen molar-refractivity contribution in [2.24, 2.45) is 0 Å². The number of nitrogens with zero attached hydrogens (tertiary/aromatic N) is 4. The number of hydrogen-bond donors (Lipinski definition) is 0. The molecule has 1 aromatic carbocycles. The van der Waals surface area contributed by atoms with Crippen molar-refractivity contribution in [1.82, 2.24) is 9.80 Å². The van der Waals surface area contributed by atoms with Crippen LogP contribution in [0.3, 0.4) is 0 Å². The first kappa shape index (κ1) is 24.8. The highest BCUT2D eigenvalue weighted by Gasteiger charge is 2.22. The lowest BCUT2D eigenvalue weighted by Crippen LogP contribution is -2.40. The lowest BCUT2D eigenvalue weighted by atomic mass is 10.1. The van der Waals surface area contributed by atoms with E-state index in [1.807, 2.05) is 82.4 Å². The molecule has 186 valence electrons. The van der Waals surface area contributed by atoms with Gasteiger partial charge in [-0.2, -0.15) is 32.7 Å². The smallest absolute Gasteiger partial charge is 0.259 e. The molecular formula is C28H32N4O2S2+2. The molecule has 6 nitrogen and oxygen atoms in total. The molecule has 2 amide bonds. The van der Waals surface area contributed by atoms with Crippen molar-refractivity contribution in [3.05, 3.63) is 95.6 Å². The lowest BCUT2D eigenvalue weighted by molar-refractivity contribution is -0.689. The minimum atomic E-state index is 0.122. The van der Waals surface area contributed by atoms with Crippen molar-refractivity contribution in [2.45, 2.75) is 13.1 Å². The van der Waals surface area contributed by atoms with Gasteiger partial charge >= 0.3 is 0 Å². The highest BCUT2D eigenvalue weighted by Crippen LogP contribution is 2.14.